The molecule has 0 saturated heterocycles. The first-order valence-electron chi connectivity index (χ1n) is 6.98. The maximum absolute atomic E-state index is 10.7. The summed E-state index contributed by atoms with van der Waals surface area (Å²) in [6.07, 6.45) is 2.47. The van der Waals surface area contributed by atoms with Gasteiger partial charge in [-0.05, 0) is 25.0 Å². The van der Waals surface area contributed by atoms with Gasteiger partial charge in [0, 0.05) is 0 Å². The third-order valence-corrected chi connectivity index (χ3v) is 2.64. The van der Waals surface area contributed by atoms with Gasteiger partial charge in [-0.25, -0.2) is 4.79 Å². The molecular formula is C15H22O5. The second-order valence-corrected chi connectivity index (χ2v) is 4.36. The average molecular weight is 282 g/mol. The lowest BCUT2D eigenvalue weighted by molar-refractivity contribution is 0.141. The van der Waals surface area contributed by atoms with Crippen molar-refractivity contribution in [2.45, 2.75) is 39.5 Å². The quantitative estimate of drug-likeness (QED) is 0.419. The average Bonchev–Trinajstić information content (AvgIpc) is 2.41. The van der Waals surface area contributed by atoms with Crippen molar-refractivity contribution < 1.29 is 24.1 Å². The van der Waals surface area contributed by atoms with Crippen molar-refractivity contribution in [2.24, 2.45) is 0 Å². The summed E-state index contributed by atoms with van der Waals surface area (Å²) in [5, 5.41) is 8.75. The smallest absolute Gasteiger partial charge is 0.490 e. The normalized spacial score (nSPS) is 10.1. The Labute approximate surface area is 119 Å². The van der Waals surface area contributed by atoms with Gasteiger partial charge in [0.05, 0.1) is 13.2 Å². The molecule has 1 N–H and O–H groups in total. The van der Waals surface area contributed by atoms with Gasteiger partial charge < -0.3 is 19.3 Å². The van der Waals surface area contributed by atoms with Gasteiger partial charge in [-0.2, -0.15) is 0 Å². The van der Waals surface area contributed by atoms with Crippen LogP contribution in [0.1, 0.15) is 39.5 Å². The third-order valence-electron chi connectivity index (χ3n) is 2.64. The maximum atomic E-state index is 10.7. The van der Waals surface area contributed by atoms with Crippen LogP contribution in [0, 0.1) is 0 Å². The molecule has 0 amide bonds. The molecule has 0 spiro atoms. The maximum Gasteiger partial charge on any atom is 0.511 e. The van der Waals surface area contributed by atoms with Gasteiger partial charge in [0.2, 0.25) is 5.75 Å². The fourth-order valence-electron chi connectivity index (χ4n) is 1.57. The zero-order valence-corrected chi connectivity index (χ0v) is 12.1. The number of ether oxygens (including phenoxy) is 3. The summed E-state index contributed by atoms with van der Waals surface area (Å²) in [5.41, 5.74) is 0. The van der Waals surface area contributed by atoms with Gasteiger partial charge >= 0.3 is 6.16 Å². The molecule has 0 fully saturated rings. The van der Waals surface area contributed by atoms with Crippen LogP contribution < -0.4 is 14.2 Å². The number of rotatable bonds is 9. The highest BCUT2D eigenvalue weighted by Gasteiger charge is 2.15. The number of benzene rings is 1. The summed E-state index contributed by atoms with van der Waals surface area (Å²) in [4.78, 5) is 10.7. The van der Waals surface area contributed by atoms with E-state index in [4.69, 9.17) is 19.3 Å². The Morgan fingerprint density at radius 3 is 2.25 bits per heavy atom. The number of unbranched alkanes of at least 4 members (excludes halogenated alkanes) is 2. The summed E-state index contributed by atoms with van der Waals surface area (Å²) in [5.74, 6) is 1.05. The van der Waals surface area contributed by atoms with E-state index in [-0.39, 0.29) is 5.75 Å². The van der Waals surface area contributed by atoms with E-state index in [0.717, 1.165) is 25.7 Å². The van der Waals surface area contributed by atoms with Crippen LogP contribution in [0.4, 0.5) is 4.79 Å². The van der Waals surface area contributed by atoms with Crippen LogP contribution in [0.25, 0.3) is 0 Å². The minimum absolute atomic E-state index is 0.169. The van der Waals surface area contributed by atoms with Crippen molar-refractivity contribution in [3.05, 3.63) is 18.2 Å². The first kappa shape index (κ1) is 16.1. The van der Waals surface area contributed by atoms with Crippen molar-refractivity contribution >= 4 is 6.16 Å². The molecule has 0 aliphatic heterocycles. The van der Waals surface area contributed by atoms with E-state index in [2.05, 4.69) is 13.8 Å². The van der Waals surface area contributed by atoms with Crippen molar-refractivity contribution in [3.63, 3.8) is 0 Å². The molecule has 0 unspecified atom stereocenters. The molecule has 0 bridgehead atoms. The van der Waals surface area contributed by atoms with E-state index in [9.17, 15) is 4.79 Å². The second kappa shape index (κ2) is 9.07. The highest BCUT2D eigenvalue weighted by atomic mass is 16.7. The standard InChI is InChI=1S/C15H22O5/c1-3-5-10-18-12-8-7-9-13(20-15(16)17)14(12)19-11-6-4-2/h7-9H,3-6,10-11H2,1-2H3,(H,16,17). The molecule has 5 heteroatoms. The fourth-order valence-corrected chi connectivity index (χ4v) is 1.57. The van der Waals surface area contributed by atoms with Crippen molar-refractivity contribution in [1.82, 2.24) is 0 Å². The zero-order chi connectivity index (χ0) is 14.8. The number of hydrogen-bond donors (Lipinski definition) is 1. The molecule has 112 valence electrons. The molecule has 1 rings (SSSR count). The zero-order valence-electron chi connectivity index (χ0n) is 12.1. The minimum Gasteiger partial charge on any atom is -0.490 e. The molecule has 0 heterocycles. The molecule has 20 heavy (non-hydrogen) atoms. The van der Waals surface area contributed by atoms with Crippen LogP contribution in [-0.2, 0) is 0 Å². The van der Waals surface area contributed by atoms with E-state index >= 15 is 0 Å². The summed E-state index contributed by atoms with van der Waals surface area (Å²) in [7, 11) is 0. The van der Waals surface area contributed by atoms with Crippen LogP contribution in [0.15, 0.2) is 18.2 Å². The second-order valence-electron chi connectivity index (χ2n) is 4.36. The lowest BCUT2D eigenvalue weighted by atomic mass is 10.3. The molecule has 5 nitrogen and oxygen atoms in total. The molecule has 0 saturated carbocycles. The van der Waals surface area contributed by atoms with Crippen LogP contribution >= 0.6 is 0 Å². The number of carboxylic acid groups (broad SMARTS) is 1. The summed E-state index contributed by atoms with van der Waals surface area (Å²) >= 11 is 0. The van der Waals surface area contributed by atoms with Crippen molar-refractivity contribution in [1.29, 1.82) is 0 Å². The van der Waals surface area contributed by atoms with Gasteiger partial charge in [0.1, 0.15) is 0 Å². The Morgan fingerprint density at radius 2 is 1.65 bits per heavy atom. The molecular weight excluding hydrogens is 260 g/mol. The third kappa shape index (κ3) is 5.38. The monoisotopic (exact) mass is 282 g/mol. The van der Waals surface area contributed by atoms with Crippen molar-refractivity contribution in [2.75, 3.05) is 13.2 Å². The lowest BCUT2D eigenvalue weighted by Gasteiger charge is -2.15. The van der Waals surface area contributed by atoms with Crippen molar-refractivity contribution in [3.8, 4) is 17.2 Å². The van der Waals surface area contributed by atoms with Gasteiger partial charge in [-0.1, -0.05) is 32.8 Å². The first-order valence-corrected chi connectivity index (χ1v) is 6.98. The number of para-hydroxylation sites is 1. The Bertz CT molecular complexity index is 417. The molecule has 0 aromatic heterocycles. The SMILES string of the molecule is CCCCOc1cccc(OC(=O)O)c1OCCCC. The predicted molar refractivity (Wildman–Crippen MR) is 75.9 cm³/mol. The highest BCUT2D eigenvalue weighted by molar-refractivity contribution is 5.64. The predicted octanol–water partition coefficient (Wildman–Crippen LogP) is 4.10. The van der Waals surface area contributed by atoms with Gasteiger partial charge in [0.25, 0.3) is 0 Å². The summed E-state index contributed by atoms with van der Waals surface area (Å²) < 4.78 is 16.0. The summed E-state index contributed by atoms with van der Waals surface area (Å²) in [6, 6.07) is 5.00. The molecule has 1 aromatic rings. The Balaban J connectivity index is 2.85. The first-order chi connectivity index (χ1) is 9.69. The van der Waals surface area contributed by atoms with Gasteiger partial charge in [0.15, 0.2) is 11.5 Å². The molecule has 0 aliphatic rings. The van der Waals surface area contributed by atoms with Gasteiger partial charge in [-0.3, -0.25) is 0 Å². The van der Waals surface area contributed by atoms with E-state index in [1.165, 1.54) is 0 Å². The topological polar surface area (TPSA) is 65.0 Å². The summed E-state index contributed by atoms with van der Waals surface area (Å²) in [6.45, 7) is 5.20. The van der Waals surface area contributed by atoms with E-state index < -0.39 is 6.16 Å². The van der Waals surface area contributed by atoms with E-state index in [1.807, 2.05) is 0 Å². The number of hydrogen-bond acceptors (Lipinski definition) is 4. The Morgan fingerprint density at radius 1 is 1.05 bits per heavy atom. The van der Waals surface area contributed by atoms with E-state index in [0.29, 0.717) is 24.7 Å². The molecule has 0 aliphatic carbocycles. The van der Waals surface area contributed by atoms with Gasteiger partial charge in [-0.15, -0.1) is 0 Å². The Kier molecular flexibility index (Phi) is 7.32. The minimum atomic E-state index is -1.36. The van der Waals surface area contributed by atoms with Crippen LogP contribution in [0.5, 0.6) is 17.2 Å². The molecule has 1 aromatic carbocycles. The largest absolute Gasteiger partial charge is 0.511 e. The van der Waals surface area contributed by atoms with Crippen LogP contribution in [0.3, 0.4) is 0 Å². The van der Waals surface area contributed by atoms with E-state index in [1.54, 1.807) is 18.2 Å². The van der Waals surface area contributed by atoms with Crippen LogP contribution in [-0.4, -0.2) is 24.5 Å². The molecule has 0 atom stereocenters. The van der Waals surface area contributed by atoms with Crippen LogP contribution in [0.2, 0.25) is 0 Å². The Hall–Kier alpha value is -1.91. The highest BCUT2D eigenvalue weighted by Crippen LogP contribution is 2.37. The number of carbonyl (C=O) groups is 1. The fraction of sp³-hybridized carbons (Fsp3) is 0.533. The lowest BCUT2D eigenvalue weighted by Crippen LogP contribution is -2.08. The molecule has 0 radical (unpaired) electrons.